The van der Waals surface area contributed by atoms with E-state index in [0.29, 0.717) is 25.4 Å². The van der Waals surface area contributed by atoms with E-state index in [1.165, 1.54) is 0 Å². The Labute approximate surface area is 150 Å². The topological polar surface area (TPSA) is 52.6 Å². The number of piperidine rings is 3. The zero-order valence-corrected chi connectivity index (χ0v) is 15.5. The second kappa shape index (κ2) is 7.55. The smallest absolute Gasteiger partial charge is 0.220 e. The molecule has 3 aliphatic rings. The number of nitrogens with zero attached hydrogens (tertiary/aromatic N) is 1. The molecule has 6 heteroatoms. The lowest BCUT2D eigenvalue weighted by molar-refractivity contribution is -0.129. The number of aliphatic hydroxyl groups is 1. The number of thioether (sulfide) groups is 1. The minimum atomic E-state index is -0.731. The van der Waals surface area contributed by atoms with Gasteiger partial charge in [0.25, 0.3) is 0 Å². The standard InChI is InChI=1S/C17H23BrN2O2S/c18-14-1-3-15(4-2-14)23-10-7-16(21)19-11-17(22)12-20-8-5-13(17)6-9-20/h1-4,13,22H,5-12H2,(H,19,21)/t17-/m1/s1. The first-order valence-corrected chi connectivity index (χ1v) is 9.93. The van der Waals surface area contributed by atoms with Gasteiger partial charge in [-0.1, -0.05) is 15.9 Å². The van der Waals surface area contributed by atoms with Crippen LogP contribution < -0.4 is 5.32 Å². The Bertz CT molecular complexity index is 546. The third-order valence-corrected chi connectivity index (χ3v) is 6.39. The van der Waals surface area contributed by atoms with E-state index in [0.717, 1.165) is 41.1 Å². The van der Waals surface area contributed by atoms with Crippen molar-refractivity contribution in [1.29, 1.82) is 0 Å². The SMILES string of the molecule is O=C(CCSc1ccc(Br)cc1)NC[C@@]1(O)CN2CCC1CC2. The largest absolute Gasteiger partial charge is 0.386 e. The predicted octanol–water partition coefficient (Wildman–Crippen LogP) is 2.50. The van der Waals surface area contributed by atoms with Crippen molar-refractivity contribution in [3.05, 3.63) is 28.7 Å². The maximum Gasteiger partial charge on any atom is 0.220 e. The number of hydrogen-bond donors (Lipinski definition) is 2. The minimum absolute atomic E-state index is 0.0273. The van der Waals surface area contributed by atoms with E-state index in [-0.39, 0.29) is 5.91 Å². The molecule has 0 aliphatic carbocycles. The van der Waals surface area contributed by atoms with Crippen molar-refractivity contribution < 1.29 is 9.90 Å². The van der Waals surface area contributed by atoms with Crippen molar-refractivity contribution in [1.82, 2.24) is 10.2 Å². The van der Waals surface area contributed by atoms with Crippen molar-refractivity contribution >= 4 is 33.6 Å². The number of hydrogen-bond acceptors (Lipinski definition) is 4. The lowest BCUT2D eigenvalue weighted by atomic mass is 9.75. The van der Waals surface area contributed by atoms with Crippen LogP contribution in [0, 0.1) is 5.92 Å². The van der Waals surface area contributed by atoms with Crippen LogP contribution in [0.1, 0.15) is 19.3 Å². The fraction of sp³-hybridized carbons (Fsp3) is 0.588. The molecule has 0 aromatic heterocycles. The highest BCUT2D eigenvalue weighted by molar-refractivity contribution is 9.10. The van der Waals surface area contributed by atoms with Gasteiger partial charge in [0.15, 0.2) is 0 Å². The number of benzene rings is 1. The normalized spacial score (nSPS) is 29.5. The van der Waals surface area contributed by atoms with Gasteiger partial charge in [0.05, 0.1) is 5.60 Å². The highest BCUT2D eigenvalue weighted by atomic mass is 79.9. The molecule has 1 atom stereocenters. The predicted molar refractivity (Wildman–Crippen MR) is 96.6 cm³/mol. The highest BCUT2D eigenvalue weighted by Gasteiger charge is 2.45. The van der Waals surface area contributed by atoms with Crippen molar-refractivity contribution in [3.8, 4) is 0 Å². The first-order valence-electron chi connectivity index (χ1n) is 8.15. The van der Waals surface area contributed by atoms with Gasteiger partial charge >= 0.3 is 0 Å². The van der Waals surface area contributed by atoms with Gasteiger partial charge in [-0.3, -0.25) is 4.79 Å². The van der Waals surface area contributed by atoms with E-state index in [2.05, 4.69) is 26.1 Å². The molecular weight excluding hydrogens is 376 g/mol. The van der Waals surface area contributed by atoms with Gasteiger partial charge in [-0.25, -0.2) is 0 Å². The fourth-order valence-corrected chi connectivity index (χ4v) is 4.59. The summed E-state index contributed by atoms with van der Waals surface area (Å²) in [5, 5.41) is 13.7. The number of halogens is 1. The number of carbonyl (C=O) groups is 1. The van der Waals surface area contributed by atoms with Crippen LogP contribution >= 0.6 is 27.7 Å². The van der Waals surface area contributed by atoms with Crippen molar-refractivity contribution in [2.45, 2.75) is 29.8 Å². The summed E-state index contributed by atoms with van der Waals surface area (Å²) in [6, 6.07) is 8.10. The lowest BCUT2D eigenvalue weighted by Gasteiger charge is -2.50. The van der Waals surface area contributed by atoms with Gasteiger partial charge < -0.3 is 15.3 Å². The Morgan fingerprint density at radius 2 is 2.04 bits per heavy atom. The third-order valence-electron chi connectivity index (χ3n) is 4.85. The van der Waals surface area contributed by atoms with E-state index in [4.69, 9.17) is 0 Å². The van der Waals surface area contributed by atoms with Crippen molar-refractivity contribution in [3.63, 3.8) is 0 Å². The molecule has 1 amide bonds. The van der Waals surface area contributed by atoms with E-state index in [9.17, 15) is 9.90 Å². The van der Waals surface area contributed by atoms with E-state index in [1.807, 2.05) is 24.3 Å². The zero-order valence-electron chi connectivity index (χ0n) is 13.1. The molecule has 1 aromatic carbocycles. The van der Waals surface area contributed by atoms with E-state index >= 15 is 0 Å². The molecule has 23 heavy (non-hydrogen) atoms. The first kappa shape index (κ1) is 17.3. The summed E-state index contributed by atoms with van der Waals surface area (Å²) in [4.78, 5) is 15.5. The van der Waals surface area contributed by atoms with Gasteiger partial charge in [0.1, 0.15) is 0 Å². The van der Waals surface area contributed by atoms with Crippen molar-refractivity contribution in [2.24, 2.45) is 5.92 Å². The van der Waals surface area contributed by atoms with Crippen LogP contribution in [0.5, 0.6) is 0 Å². The quantitative estimate of drug-likeness (QED) is 0.722. The molecule has 1 aromatic rings. The molecule has 3 heterocycles. The van der Waals surface area contributed by atoms with E-state index in [1.54, 1.807) is 11.8 Å². The Kier molecular flexibility index (Phi) is 5.67. The Morgan fingerprint density at radius 3 is 2.65 bits per heavy atom. The second-order valence-electron chi connectivity index (χ2n) is 6.48. The molecule has 0 spiro atoms. The van der Waals surface area contributed by atoms with Crippen LogP contribution in [0.25, 0.3) is 0 Å². The number of amides is 1. The summed E-state index contributed by atoms with van der Waals surface area (Å²) in [6.45, 7) is 3.26. The van der Waals surface area contributed by atoms with Crippen LogP contribution in [0.2, 0.25) is 0 Å². The highest BCUT2D eigenvalue weighted by Crippen LogP contribution is 2.35. The first-order chi connectivity index (χ1) is 11.0. The molecular formula is C17H23BrN2O2S. The number of carbonyl (C=O) groups excluding carboxylic acids is 1. The molecule has 0 unspecified atom stereocenters. The number of nitrogens with one attached hydrogen (secondary N) is 1. The van der Waals surface area contributed by atoms with Crippen LogP contribution in [0.4, 0.5) is 0 Å². The average Bonchev–Trinajstić information content (AvgIpc) is 2.56. The summed E-state index contributed by atoms with van der Waals surface area (Å²) in [6.07, 6.45) is 2.57. The average molecular weight is 399 g/mol. The minimum Gasteiger partial charge on any atom is -0.386 e. The number of fused-ring (bicyclic) bond motifs is 3. The molecule has 2 bridgehead atoms. The second-order valence-corrected chi connectivity index (χ2v) is 8.57. The summed E-state index contributed by atoms with van der Waals surface area (Å²) in [5.41, 5.74) is -0.731. The summed E-state index contributed by atoms with van der Waals surface area (Å²) in [5.74, 6) is 1.12. The van der Waals surface area contributed by atoms with Crippen molar-refractivity contribution in [2.75, 3.05) is 31.9 Å². The molecule has 3 aliphatic heterocycles. The third kappa shape index (κ3) is 4.50. The molecule has 3 fully saturated rings. The number of rotatable bonds is 6. The van der Waals surface area contributed by atoms with Crippen LogP contribution in [0.3, 0.4) is 0 Å². The van der Waals surface area contributed by atoms with Gasteiger partial charge in [0, 0.05) is 34.6 Å². The molecule has 126 valence electrons. The molecule has 3 saturated heterocycles. The Morgan fingerprint density at radius 1 is 1.35 bits per heavy atom. The maximum absolute atomic E-state index is 12.0. The lowest BCUT2D eigenvalue weighted by Crippen LogP contribution is -2.63. The van der Waals surface area contributed by atoms with Crippen LogP contribution in [-0.4, -0.2) is 53.4 Å². The Balaban J connectivity index is 1.39. The molecule has 2 N–H and O–H groups in total. The molecule has 4 nitrogen and oxygen atoms in total. The Hall–Kier alpha value is -0.560. The zero-order chi connectivity index (χ0) is 16.3. The van der Waals surface area contributed by atoms with Gasteiger partial charge in [-0.2, -0.15) is 0 Å². The molecule has 4 rings (SSSR count). The van der Waals surface area contributed by atoms with Gasteiger partial charge in [0.2, 0.25) is 5.91 Å². The fourth-order valence-electron chi connectivity index (χ4n) is 3.48. The van der Waals surface area contributed by atoms with E-state index < -0.39 is 5.60 Å². The van der Waals surface area contributed by atoms with Crippen LogP contribution in [-0.2, 0) is 4.79 Å². The summed E-state index contributed by atoms with van der Waals surface area (Å²) in [7, 11) is 0. The monoisotopic (exact) mass is 398 g/mol. The molecule has 0 saturated carbocycles. The summed E-state index contributed by atoms with van der Waals surface area (Å²) < 4.78 is 1.06. The summed E-state index contributed by atoms with van der Waals surface area (Å²) >= 11 is 5.09. The van der Waals surface area contributed by atoms with Crippen LogP contribution in [0.15, 0.2) is 33.6 Å². The maximum atomic E-state index is 12.0. The molecule has 0 radical (unpaired) electrons. The van der Waals surface area contributed by atoms with Gasteiger partial charge in [-0.05, 0) is 56.1 Å². The van der Waals surface area contributed by atoms with Gasteiger partial charge in [-0.15, -0.1) is 11.8 Å².